The number of methoxy groups -OCH3 is 2. The van der Waals surface area contributed by atoms with Gasteiger partial charge < -0.3 is 24.2 Å². The number of ketones is 1. The van der Waals surface area contributed by atoms with Crippen molar-refractivity contribution in [3.8, 4) is 17.2 Å². The standard InChI is InChI=1S/C33H37NO6/c1-7-15-34-30(23-13-14-26(28(17-23)39-6)40-19-22-11-9-8-10-12-22)29(32(36)33(34)37)31(35)25-18-24(20(2)3)27(38-5)16-21(25)4/h8-14,16-18,20,30,35H,7,15,19H2,1-6H3/b31-29+. The second kappa shape index (κ2) is 12.3. The fraction of sp³-hybridized carbons (Fsp3) is 0.333. The van der Waals surface area contributed by atoms with Crippen molar-refractivity contribution >= 4 is 17.4 Å². The molecule has 1 aliphatic rings. The summed E-state index contributed by atoms with van der Waals surface area (Å²) in [5.41, 5.74) is 3.85. The van der Waals surface area contributed by atoms with Crippen LogP contribution in [-0.4, -0.2) is 42.5 Å². The second-order valence-electron chi connectivity index (χ2n) is 10.2. The van der Waals surface area contributed by atoms with E-state index < -0.39 is 17.7 Å². The molecule has 1 aliphatic heterocycles. The lowest BCUT2D eigenvalue weighted by molar-refractivity contribution is -0.139. The van der Waals surface area contributed by atoms with Gasteiger partial charge in [0, 0.05) is 12.1 Å². The lowest BCUT2D eigenvalue weighted by Gasteiger charge is -2.26. The van der Waals surface area contributed by atoms with Crippen LogP contribution in [0.25, 0.3) is 5.76 Å². The van der Waals surface area contributed by atoms with Gasteiger partial charge in [-0.1, -0.05) is 57.2 Å². The van der Waals surface area contributed by atoms with Gasteiger partial charge in [0.1, 0.15) is 18.1 Å². The highest BCUT2D eigenvalue weighted by atomic mass is 16.5. The van der Waals surface area contributed by atoms with E-state index in [9.17, 15) is 14.7 Å². The van der Waals surface area contributed by atoms with Crippen LogP contribution < -0.4 is 14.2 Å². The molecule has 0 bridgehead atoms. The minimum absolute atomic E-state index is 0.0569. The maximum atomic E-state index is 13.4. The fourth-order valence-electron chi connectivity index (χ4n) is 5.13. The molecule has 4 rings (SSSR count). The zero-order valence-electron chi connectivity index (χ0n) is 24.0. The maximum absolute atomic E-state index is 13.4. The zero-order valence-corrected chi connectivity index (χ0v) is 24.0. The quantitative estimate of drug-likeness (QED) is 0.177. The van der Waals surface area contributed by atoms with E-state index in [2.05, 4.69) is 0 Å². The molecule has 0 aliphatic carbocycles. The number of nitrogens with zero attached hydrogens (tertiary/aromatic N) is 1. The number of ether oxygens (including phenoxy) is 3. The Bertz CT molecular complexity index is 1430. The third kappa shape index (κ3) is 5.55. The number of benzene rings is 3. The van der Waals surface area contributed by atoms with E-state index >= 15 is 0 Å². The Labute approximate surface area is 236 Å². The summed E-state index contributed by atoms with van der Waals surface area (Å²) in [4.78, 5) is 28.2. The van der Waals surface area contributed by atoms with Crippen LogP contribution >= 0.6 is 0 Å². The molecule has 1 N–H and O–H groups in total. The molecule has 7 nitrogen and oxygen atoms in total. The topological polar surface area (TPSA) is 85.3 Å². The molecule has 7 heteroatoms. The molecule has 1 unspecified atom stereocenters. The predicted octanol–water partition coefficient (Wildman–Crippen LogP) is 6.55. The van der Waals surface area contributed by atoms with Crippen LogP contribution in [-0.2, 0) is 16.2 Å². The molecule has 0 radical (unpaired) electrons. The largest absolute Gasteiger partial charge is 0.507 e. The van der Waals surface area contributed by atoms with E-state index in [1.165, 1.54) is 4.90 Å². The van der Waals surface area contributed by atoms with Gasteiger partial charge in [0.05, 0.1) is 25.8 Å². The monoisotopic (exact) mass is 543 g/mol. The summed E-state index contributed by atoms with van der Waals surface area (Å²) in [7, 11) is 3.16. The lowest BCUT2D eigenvalue weighted by atomic mass is 9.91. The number of aliphatic hydroxyl groups is 1. The molecule has 1 atom stereocenters. The number of aryl methyl sites for hydroxylation is 1. The highest BCUT2D eigenvalue weighted by Crippen LogP contribution is 2.43. The molecule has 0 spiro atoms. The van der Waals surface area contributed by atoms with E-state index in [4.69, 9.17) is 14.2 Å². The van der Waals surface area contributed by atoms with E-state index in [-0.39, 0.29) is 17.3 Å². The van der Waals surface area contributed by atoms with Crippen molar-refractivity contribution in [1.82, 2.24) is 4.90 Å². The Morgan fingerprint density at radius 3 is 2.27 bits per heavy atom. The summed E-state index contributed by atoms with van der Waals surface area (Å²) in [5.74, 6) is 0.296. The highest BCUT2D eigenvalue weighted by Gasteiger charge is 2.46. The number of hydrogen-bond acceptors (Lipinski definition) is 6. The average molecular weight is 544 g/mol. The number of rotatable bonds is 10. The fourth-order valence-corrected chi connectivity index (χ4v) is 5.13. The smallest absolute Gasteiger partial charge is 0.295 e. The number of aliphatic hydroxyl groups excluding tert-OH is 1. The molecule has 1 saturated heterocycles. The number of carbonyl (C=O) groups excluding carboxylic acids is 2. The second-order valence-corrected chi connectivity index (χ2v) is 10.2. The predicted molar refractivity (Wildman–Crippen MR) is 155 cm³/mol. The van der Waals surface area contributed by atoms with Gasteiger partial charge in [0.15, 0.2) is 11.5 Å². The number of amides is 1. The van der Waals surface area contributed by atoms with Crippen molar-refractivity contribution in [2.45, 2.75) is 52.7 Å². The Balaban J connectivity index is 1.82. The van der Waals surface area contributed by atoms with Crippen molar-refractivity contribution in [1.29, 1.82) is 0 Å². The van der Waals surface area contributed by atoms with Gasteiger partial charge in [-0.15, -0.1) is 0 Å². The Morgan fingerprint density at radius 1 is 0.950 bits per heavy atom. The van der Waals surface area contributed by atoms with Crippen LogP contribution in [0.2, 0.25) is 0 Å². The van der Waals surface area contributed by atoms with Crippen LogP contribution in [0.1, 0.15) is 67.0 Å². The van der Waals surface area contributed by atoms with Crippen LogP contribution in [0.15, 0.2) is 66.2 Å². The van der Waals surface area contributed by atoms with Crippen molar-refractivity contribution in [3.63, 3.8) is 0 Å². The van der Waals surface area contributed by atoms with Gasteiger partial charge in [-0.2, -0.15) is 0 Å². The molecular weight excluding hydrogens is 506 g/mol. The first-order valence-electron chi connectivity index (χ1n) is 13.5. The molecule has 1 heterocycles. The first-order valence-corrected chi connectivity index (χ1v) is 13.5. The van der Waals surface area contributed by atoms with Crippen molar-refractivity contribution in [2.24, 2.45) is 0 Å². The number of hydrogen-bond donors (Lipinski definition) is 1. The molecule has 3 aromatic rings. The highest BCUT2D eigenvalue weighted by molar-refractivity contribution is 6.46. The van der Waals surface area contributed by atoms with Crippen LogP contribution in [0.3, 0.4) is 0 Å². The van der Waals surface area contributed by atoms with Gasteiger partial charge in [-0.05, 0) is 65.8 Å². The van der Waals surface area contributed by atoms with Crippen LogP contribution in [0.5, 0.6) is 17.2 Å². The minimum Gasteiger partial charge on any atom is -0.507 e. The summed E-state index contributed by atoms with van der Waals surface area (Å²) in [6, 6.07) is 18.1. The third-order valence-electron chi connectivity index (χ3n) is 7.20. The van der Waals surface area contributed by atoms with Gasteiger partial charge in [-0.3, -0.25) is 9.59 Å². The van der Waals surface area contributed by atoms with Gasteiger partial charge in [-0.25, -0.2) is 0 Å². The Morgan fingerprint density at radius 2 is 1.65 bits per heavy atom. The van der Waals surface area contributed by atoms with E-state index in [1.54, 1.807) is 26.4 Å². The van der Waals surface area contributed by atoms with Gasteiger partial charge in [0.2, 0.25) is 0 Å². The molecule has 1 amide bonds. The minimum atomic E-state index is -0.777. The molecular formula is C33H37NO6. The van der Waals surface area contributed by atoms with E-state index in [0.717, 1.165) is 16.7 Å². The van der Waals surface area contributed by atoms with E-state index in [1.807, 2.05) is 76.2 Å². The normalized spacial score (nSPS) is 16.5. The lowest BCUT2D eigenvalue weighted by Crippen LogP contribution is -2.30. The Hall–Kier alpha value is -4.26. The summed E-state index contributed by atoms with van der Waals surface area (Å²) < 4.78 is 17.2. The van der Waals surface area contributed by atoms with Gasteiger partial charge in [0.25, 0.3) is 11.7 Å². The number of likely N-dealkylation sites (tertiary alicyclic amines) is 1. The molecule has 210 valence electrons. The van der Waals surface area contributed by atoms with Gasteiger partial charge >= 0.3 is 0 Å². The van der Waals surface area contributed by atoms with Crippen LogP contribution in [0, 0.1) is 6.92 Å². The first kappa shape index (κ1) is 28.7. The average Bonchev–Trinajstić information content (AvgIpc) is 3.21. The maximum Gasteiger partial charge on any atom is 0.295 e. The summed E-state index contributed by atoms with van der Waals surface area (Å²) in [5, 5.41) is 11.7. The third-order valence-corrected chi connectivity index (χ3v) is 7.20. The summed E-state index contributed by atoms with van der Waals surface area (Å²) >= 11 is 0. The summed E-state index contributed by atoms with van der Waals surface area (Å²) in [6.45, 7) is 8.58. The summed E-state index contributed by atoms with van der Waals surface area (Å²) in [6.07, 6.45) is 0.651. The molecule has 0 saturated carbocycles. The number of Topliss-reactive ketones (excluding diaryl/α,β-unsaturated/α-hetero) is 1. The SMILES string of the molecule is CCCN1C(=O)C(=O)/C(=C(/O)c2cc(C(C)C)c(OC)cc2C)C1c1ccc(OCc2ccccc2)c(OC)c1. The van der Waals surface area contributed by atoms with Crippen LogP contribution in [0.4, 0.5) is 0 Å². The molecule has 3 aromatic carbocycles. The molecule has 40 heavy (non-hydrogen) atoms. The molecule has 0 aromatic heterocycles. The zero-order chi connectivity index (χ0) is 29.0. The van der Waals surface area contributed by atoms with Crippen molar-refractivity contribution < 1.29 is 28.9 Å². The van der Waals surface area contributed by atoms with Crippen molar-refractivity contribution in [2.75, 3.05) is 20.8 Å². The Kier molecular flexibility index (Phi) is 8.83. The molecule has 1 fully saturated rings. The van der Waals surface area contributed by atoms with Crippen molar-refractivity contribution in [3.05, 3.63) is 94.1 Å². The first-order chi connectivity index (χ1) is 19.2. The number of carbonyl (C=O) groups is 2. The van der Waals surface area contributed by atoms with E-state index in [0.29, 0.717) is 47.9 Å².